The van der Waals surface area contributed by atoms with E-state index in [2.05, 4.69) is 20.6 Å². The van der Waals surface area contributed by atoms with E-state index in [4.69, 9.17) is 10.4 Å². The first-order valence-electron chi connectivity index (χ1n) is 10.8. The number of nitrogens with zero attached hydrogens (tertiary/aromatic N) is 5. The third-order valence-electron chi connectivity index (χ3n) is 5.74. The largest absolute Gasteiger partial charge is 0.379 e. The number of nitrogens with one attached hydrogen (secondary N) is 1. The highest BCUT2D eigenvalue weighted by molar-refractivity contribution is 5.96. The zero-order chi connectivity index (χ0) is 22.8. The fourth-order valence-electron chi connectivity index (χ4n) is 4.09. The number of hydrogen-bond donors (Lipinski definition) is 2. The molecule has 1 saturated heterocycles. The summed E-state index contributed by atoms with van der Waals surface area (Å²) in [5.41, 5.74) is 8.81. The van der Waals surface area contributed by atoms with Crippen molar-refractivity contribution in [2.75, 3.05) is 24.1 Å². The lowest BCUT2D eigenvalue weighted by Crippen LogP contribution is -2.35. The van der Waals surface area contributed by atoms with Crippen molar-refractivity contribution in [1.29, 1.82) is 0 Å². The van der Waals surface area contributed by atoms with Crippen LogP contribution < -0.4 is 11.1 Å². The minimum Gasteiger partial charge on any atom is -0.379 e. The molecule has 10 nitrogen and oxygen atoms in total. The first-order valence-corrected chi connectivity index (χ1v) is 10.8. The Labute approximate surface area is 189 Å². The van der Waals surface area contributed by atoms with Crippen molar-refractivity contribution >= 4 is 34.4 Å². The number of piperidine rings is 1. The van der Waals surface area contributed by atoms with Crippen molar-refractivity contribution in [3.8, 4) is 11.5 Å². The summed E-state index contributed by atoms with van der Waals surface area (Å²) in [6, 6.07) is 14.4. The smallest absolute Gasteiger partial charge is 0.253 e. The summed E-state index contributed by atoms with van der Waals surface area (Å²) in [5, 5.41) is 10.3. The maximum Gasteiger partial charge on any atom is 0.253 e. The number of anilines is 2. The summed E-state index contributed by atoms with van der Waals surface area (Å²) in [6.07, 6.45) is 3.25. The number of carbonyl (C=O) groups excluding carboxylic acids is 2. The van der Waals surface area contributed by atoms with Gasteiger partial charge in [-0.1, -0.05) is 12.1 Å². The molecule has 1 aliphatic rings. The van der Waals surface area contributed by atoms with E-state index in [0.29, 0.717) is 22.6 Å². The topological polar surface area (TPSA) is 132 Å². The van der Waals surface area contributed by atoms with E-state index in [1.54, 1.807) is 28.8 Å². The normalized spacial score (nSPS) is 13.9. The number of likely N-dealkylation sites (tertiary alicyclic amines) is 1. The van der Waals surface area contributed by atoms with E-state index in [9.17, 15) is 9.59 Å². The molecule has 0 bridgehead atoms. The quantitative estimate of drug-likeness (QED) is 0.483. The Bertz CT molecular complexity index is 1300. The van der Waals surface area contributed by atoms with Crippen LogP contribution in [0.4, 0.5) is 11.5 Å². The molecule has 0 atom stereocenters. The Morgan fingerprint density at radius 1 is 1.00 bits per heavy atom. The lowest BCUT2D eigenvalue weighted by Gasteiger charge is -2.26. The number of carbonyl (C=O) groups is 2. The monoisotopic (exact) mass is 445 g/mol. The van der Waals surface area contributed by atoms with Crippen molar-refractivity contribution in [3.05, 3.63) is 54.1 Å². The van der Waals surface area contributed by atoms with Gasteiger partial charge in [-0.15, -0.1) is 0 Å². The van der Waals surface area contributed by atoms with E-state index >= 15 is 0 Å². The SMILES string of the molecule is Nc1nonc1-c1nc2ccccc2n1CC(=O)Nc1ccc(C(=O)N2CCCCC2)cc1. The molecular weight excluding hydrogens is 422 g/mol. The summed E-state index contributed by atoms with van der Waals surface area (Å²) in [5.74, 6) is 0.263. The number of nitrogen functional groups attached to an aromatic ring is 1. The maximum absolute atomic E-state index is 12.9. The van der Waals surface area contributed by atoms with Crippen molar-refractivity contribution in [1.82, 2.24) is 24.8 Å². The number of benzene rings is 2. The van der Waals surface area contributed by atoms with Gasteiger partial charge in [0.05, 0.1) is 11.0 Å². The van der Waals surface area contributed by atoms with Gasteiger partial charge in [-0.2, -0.15) is 0 Å². The van der Waals surface area contributed by atoms with Gasteiger partial charge >= 0.3 is 0 Å². The van der Waals surface area contributed by atoms with Crippen LogP contribution >= 0.6 is 0 Å². The van der Waals surface area contributed by atoms with Gasteiger partial charge in [-0.25, -0.2) is 9.61 Å². The molecule has 168 valence electrons. The van der Waals surface area contributed by atoms with Gasteiger partial charge in [0.2, 0.25) is 5.91 Å². The first-order chi connectivity index (χ1) is 16.1. The Balaban J connectivity index is 1.33. The van der Waals surface area contributed by atoms with E-state index in [1.165, 1.54) is 6.42 Å². The van der Waals surface area contributed by atoms with Crippen LogP contribution in [-0.2, 0) is 11.3 Å². The van der Waals surface area contributed by atoms with Crippen LogP contribution in [0, 0.1) is 0 Å². The Morgan fingerprint density at radius 2 is 1.76 bits per heavy atom. The lowest BCUT2D eigenvalue weighted by molar-refractivity contribution is -0.116. The summed E-state index contributed by atoms with van der Waals surface area (Å²) in [6.45, 7) is 1.57. The standard InChI is InChI=1S/C23H23N7O3/c24-21-20(27-33-28-21)22-26-17-6-2-3-7-18(17)30(22)14-19(31)25-16-10-8-15(9-11-16)23(32)29-12-4-1-5-13-29/h2-3,6-11H,1,4-5,12-14H2,(H2,24,28)(H,25,31). The second kappa shape index (κ2) is 8.73. The molecule has 2 amide bonds. The molecule has 0 aliphatic carbocycles. The van der Waals surface area contributed by atoms with Crippen molar-refractivity contribution in [2.45, 2.75) is 25.8 Å². The second-order valence-corrected chi connectivity index (χ2v) is 7.99. The number of rotatable bonds is 5. The molecule has 0 unspecified atom stereocenters. The van der Waals surface area contributed by atoms with Crippen LogP contribution in [0.25, 0.3) is 22.6 Å². The number of para-hydroxylation sites is 2. The van der Waals surface area contributed by atoms with Crippen molar-refractivity contribution < 1.29 is 14.2 Å². The van der Waals surface area contributed by atoms with E-state index in [-0.39, 0.29) is 29.9 Å². The summed E-state index contributed by atoms with van der Waals surface area (Å²) >= 11 is 0. The Hall–Kier alpha value is -4.21. The van der Waals surface area contributed by atoms with Gasteiger partial charge < -0.3 is 20.5 Å². The molecule has 1 aliphatic heterocycles. The van der Waals surface area contributed by atoms with Crippen LogP contribution in [0.2, 0.25) is 0 Å². The summed E-state index contributed by atoms with van der Waals surface area (Å²) < 4.78 is 6.43. The predicted molar refractivity (Wildman–Crippen MR) is 122 cm³/mol. The molecule has 3 heterocycles. The second-order valence-electron chi connectivity index (χ2n) is 7.99. The molecular formula is C23H23N7O3. The highest BCUT2D eigenvalue weighted by Crippen LogP contribution is 2.26. The molecule has 2 aromatic heterocycles. The minimum atomic E-state index is -0.260. The molecule has 10 heteroatoms. The maximum atomic E-state index is 12.9. The van der Waals surface area contributed by atoms with Gasteiger partial charge in [-0.05, 0) is 66.0 Å². The van der Waals surface area contributed by atoms with Crippen LogP contribution in [-0.4, -0.2) is 49.7 Å². The minimum absolute atomic E-state index is 0.0173. The van der Waals surface area contributed by atoms with Gasteiger partial charge in [-0.3, -0.25) is 9.59 Å². The fraction of sp³-hybridized carbons (Fsp3) is 0.261. The first kappa shape index (κ1) is 20.7. The van der Waals surface area contributed by atoms with E-state index < -0.39 is 0 Å². The molecule has 0 spiro atoms. The molecule has 5 rings (SSSR count). The number of hydrogen-bond acceptors (Lipinski definition) is 7. The van der Waals surface area contributed by atoms with Crippen LogP contribution in [0.3, 0.4) is 0 Å². The molecule has 33 heavy (non-hydrogen) atoms. The fourth-order valence-corrected chi connectivity index (χ4v) is 4.09. The molecule has 2 aromatic carbocycles. The van der Waals surface area contributed by atoms with E-state index in [1.807, 2.05) is 29.2 Å². The lowest BCUT2D eigenvalue weighted by atomic mass is 10.1. The average molecular weight is 445 g/mol. The number of aromatic nitrogens is 4. The number of amides is 2. The third kappa shape index (κ3) is 4.14. The van der Waals surface area contributed by atoms with Gasteiger partial charge in [0.25, 0.3) is 5.91 Å². The number of fused-ring (bicyclic) bond motifs is 1. The molecule has 3 N–H and O–H groups in total. The molecule has 1 fully saturated rings. The average Bonchev–Trinajstić information content (AvgIpc) is 3.43. The number of imidazole rings is 1. The van der Waals surface area contributed by atoms with Crippen LogP contribution in [0.5, 0.6) is 0 Å². The highest BCUT2D eigenvalue weighted by Gasteiger charge is 2.21. The molecule has 4 aromatic rings. The third-order valence-corrected chi connectivity index (χ3v) is 5.74. The van der Waals surface area contributed by atoms with Gasteiger partial charge in [0, 0.05) is 24.3 Å². The Kier molecular flexibility index (Phi) is 5.47. The summed E-state index contributed by atoms with van der Waals surface area (Å²) in [7, 11) is 0. The van der Waals surface area contributed by atoms with Gasteiger partial charge in [0.15, 0.2) is 17.3 Å². The van der Waals surface area contributed by atoms with Gasteiger partial charge in [0.1, 0.15) is 6.54 Å². The molecule has 0 saturated carbocycles. The zero-order valence-corrected chi connectivity index (χ0v) is 17.9. The van der Waals surface area contributed by atoms with E-state index in [0.717, 1.165) is 31.4 Å². The zero-order valence-electron chi connectivity index (χ0n) is 17.9. The van der Waals surface area contributed by atoms with Crippen LogP contribution in [0.15, 0.2) is 53.2 Å². The Morgan fingerprint density at radius 3 is 2.48 bits per heavy atom. The molecule has 0 radical (unpaired) electrons. The van der Waals surface area contributed by atoms with Crippen molar-refractivity contribution in [3.63, 3.8) is 0 Å². The highest BCUT2D eigenvalue weighted by atomic mass is 16.6. The number of nitrogens with two attached hydrogens (primary N) is 1. The predicted octanol–water partition coefficient (Wildman–Crippen LogP) is 2.93. The summed E-state index contributed by atoms with van der Waals surface area (Å²) in [4.78, 5) is 31.9. The van der Waals surface area contributed by atoms with Crippen molar-refractivity contribution in [2.24, 2.45) is 0 Å². The van der Waals surface area contributed by atoms with Crippen LogP contribution in [0.1, 0.15) is 29.6 Å².